The molecule has 0 fully saturated rings. The van der Waals surface area contributed by atoms with Gasteiger partial charge in [0.1, 0.15) is 0 Å². The van der Waals surface area contributed by atoms with Gasteiger partial charge in [0.05, 0.1) is 12.1 Å². The number of imidazole rings is 1. The number of rotatable bonds is 3. The number of amides is 1. The van der Waals surface area contributed by atoms with Crippen molar-refractivity contribution >= 4 is 33.9 Å². The van der Waals surface area contributed by atoms with Crippen LogP contribution in [0.3, 0.4) is 0 Å². The molecule has 1 aliphatic heterocycles. The summed E-state index contributed by atoms with van der Waals surface area (Å²) < 4.78 is 1.84. The van der Waals surface area contributed by atoms with Gasteiger partial charge in [-0.3, -0.25) is 14.0 Å². The number of hydrogen-bond acceptors (Lipinski definition) is 4. The van der Waals surface area contributed by atoms with E-state index in [2.05, 4.69) is 11.1 Å². The number of carboxylic acids is 1. The number of nitrogens with zero attached hydrogens (tertiary/aromatic N) is 3. The number of aliphatic carboxylic acids is 1. The van der Waals surface area contributed by atoms with Crippen molar-refractivity contribution in [3.05, 3.63) is 41.0 Å². The minimum Gasteiger partial charge on any atom is -0.481 e. The lowest BCUT2D eigenvalue weighted by molar-refractivity contribution is -0.136. The normalized spacial score (nSPS) is 13.5. The van der Waals surface area contributed by atoms with Crippen LogP contribution >= 0.6 is 11.3 Å². The molecule has 0 spiro atoms. The zero-order chi connectivity index (χ0) is 16.8. The van der Waals surface area contributed by atoms with Gasteiger partial charge in [-0.2, -0.15) is 0 Å². The zero-order valence-electron chi connectivity index (χ0n) is 13.0. The molecular weight excluding hydrogens is 326 g/mol. The van der Waals surface area contributed by atoms with Crippen LogP contribution in [0.4, 0.5) is 5.69 Å². The first-order valence-electron chi connectivity index (χ1n) is 7.61. The number of carbonyl (C=O) groups excluding carboxylic acids is 1. The lowest BCUT2D eigenvalue weighted by Gasteiger charge is -2.14. The maximum absolute atomic E-state index is 11.6. The van der Waals surface area contributed by atoms with Gasteiger partial charge < -0.3 is 10.0 Å². The summed E-state index contributed by atoms with van der Waals surface area (Å²) in [4.78, 5) is 29.7. The van der Waals surface area contributed by atoms with Crippen LogP contribution in [0, 0.1) is 0 Å². The average molecular weight is 341 g/mol. The molecule has 3 aromatic rings. The Morgan fingerprint density at radius 1 is 1.38 bits per heavy atom. The van der Waals surface area contributed by atoms with E-state index in [1.807, 2.05) is 28.1 Å². The summed E-state index contributed by atoms with van der Waals surface area (Å²) in [6.07, 6.45) is 2.70. The molecule has 1 amide bonds. The van der Waals surface area contributed by atoms with Crippen LogP contribution in [0.5, 0.6) is 0 Å². The minimum absolute atomic E-state index is 0.0203. The molecule has 0 unspecified atom stereocenters. The monoisotopic (exact) mass is 341 g/mol. The van der Waals surface area contributed by atoms with Crippen LogP contribution in [0.15, 0.2) is 29.8 Å². The summed E-state index contributed by atoms with van der Waals surface area (Å²) in [7, 11) is 0. The van der Waals surface area contributed by atoms with Crippen LogP contribution in [0.2, 0.25) is 0 Å². The lowest BCUT2D eigenvalue weighted by Crippen LogP contribution is -2.25. The fourth-order valence-corrected chi connectivity index (χ4v) is 4.01. The largest absolute Gasteiger partial charge is 0.481 e. The Labute approximate surface area is 142 Å². The lowest BCUT2D eigenvalue weighted by atomic mass is 10.1. The molecule has 1 aromatic carbocycles. The van der Waals surface area contributed by atoms with E-state index in [4.69, 9.17) is 5.11 Å². The summed E-state index contributed by atoms with van der Waals surface area (Å²) in [5.41, 5.74) is 4.64. The van der Waals surface area contributed by atoms with Crippen molar-refractivity contribution in [2.24, 2.45) is 0 Å². The van der Waals surface area contributed by atoms with Crippen molar-refractivity contribution in [3.8, 4) is 11.3 Å². The maximum Gasteiger partial charge on any atom is 0.309 e. The molecule has 0 radical (unpaired) electrons. The molecule has 3 heterocycles. The Kier molecular flexibility index (Phi) is 3.38. The van der Waals surface area contributed by atoms with Crippen LogP contribution in [0.25, 0.3) is 16.2 Å². The first kappa shape index (κ1) is 14.9. The van der Waals surface area contributed by atoms with Crippen LogP contribution < -0.4 is 4.90 Å². The topological polar surface area (TPSA) is 74.9 Å². The molecule has 24 heavy (non-hydrogen) atoms. The third-order valence-electron chi connectivity index (χ3n) is 4.27. The second-order valence-corrected chi connectivity index (χ2v) is 6.68. The van der Waals surface area contributed by atoms with Gasteiger partial charge in [0, 0.05) is 42.0 Å². The molecule has 6 nitrogen and oxygen atoms in total. The number of thiazole rings is 1. The number of carboxylic acid groups (broad SMARTS) is 1. The van der Waals surface area contributed by atoms with E-state index in [-0.39, 0.29) is 12.3 Å². The van der Waals surface area contributed by atoms with E-state index in [9.17, 15) is 9.59 Å². The van der Waals surface area contributed by atoms with E-state index in [1.165, 1.54) is 11.3 Å². The van der Waals surface area contributed by atoms with Crippen molar-refractivity contribution in [1.82, 2.24) is 9.38 Å². The number of benzene rings is 1. The van der Waals surface area contributed by atoms with Crippen molar-refractivity contribution < 1.29 is 14.7 Å². The fourth-order valence-electron chi connectivity index (χ4n) is 3.14. The van der Waals surface area contributed by atoms with Crippen molar-refractivity contribution in [2.45, 2.75) is 19.8 Å². The van der Waals surface area contributed by atoms with Gasteiger partial charge in [0.25, 0.3) is 0 Å². The number of fused-ring (bicyclic) bond motifs is 2. The highest BCUT2D eigenvalue weighted by molar-refractivity contribution is 7.15. The highest BCUT2D eigenvalue weighted by Crippen LogP contribution is 2.32. The summed E-state index contributed by atoms with van der Waals surface area (Å²) >= 11 is 1.44. The van der Waals surface area contributed by atoms with E-state index in [0.717, 1.165) is 46.1 Å². The highest BCUT2D eigenvalue weighted by atomic mass is 32.1. The second kappa shape index (κ2) is 5.45. The summed E-state index contributed by atoms with van der Waals surface area (Å²) in [6.45, 7) is 2.30. The fraction of sp³-hybridized carbons (Fsp3) is 0.235. The molecule has 0 atom stereocenters. The van der Waals surface area contributed by atoms with Gasteiger partial charge in [-0.15, -0.1) is 11.3 Å². The van der Waals surface area contributed by atoms with E-state index in [1.54, 1.807) is 11.8 Å². The molecule has 4 rings (SSSR count). The quantitative estimate of drug-likeness (QED) is 0.794. The first-order valence-corrected chi connectivity index (χ1v) is 8.49. The van der Waals surface area contributed by atoms with Crippen LogP contribution in [0.1, 0.15) is 18.2 Å². The Morgan fingerprint density at radius 3 is 2.96 bits per heavy atom. The number of anilines is 1. The predicted octanol–water partition coefficient (Wildman–Crippen LogP) is 2.60. The predicted molar refractivity (Wildman–Crippen MR) is 91.6 cm³/mol. The van der Waals surface area contributed by atoms with Crippen molar-refractivity contribution in [1.29, 1.82) is 0 Å². The molecule has 2 aromatic heterocycles. The third kappa shape index (κ3) is 2.37. The van der Waals surface area contributed by atoms with Gasteiger partial charge >= 0.3 is 5.97 Å². The highest BCUT2D eigenvalue weighted by Gasteiger charge is 2.22. The van der Waals surface area contributed by atoms with Crippen molar-refractivity contribution in [2.75, 3.05) is 11.4 Å². The first-order chi connectivity index (χ1) is 11.5. The molecule has 122 valence electrons. The molecule has 0 saturated heterocycles. The van der Waals surface area contributed by atoms with E-state index >= 15 is 0 Å². The Bertz CT molecular complexity index is 973. The summed E-state index contributed by atoms with van der Waals surface area (Å²) in [5, 5.41) is 10.8. The average Bonchev–Trinajstić information content (AvgIpc) is 3.20. The Morgan fingerprint density at radius 2 is 2.21 bits per heavy atom. The minimum atomic E-state index is -0.855. The van der Waals surface area contributed by atoms with Gasteiger partial charge in [-0.1, -0.05) is 6.07 Å². The van der Waals surface area contributed by atoms with Gasteiger partial charge in [-0.25, -0.2) is 4.98 Å². The molecule has 1 N–H and O–H groups in total. The second-order valence-electron chi connectivity index (χ2n) is 5.84. The zero-order valence-corrected chi connectivity index (χ0v) is 13.8. The Hall–Kier alpha value is -2.67. The third-order valence-corrected chi connectivity index (χ3v) is 5.16. The number of hydrogen-bond donors (Lipinski definition) is 1. The standard InChI is InChI=1S/C17H15N3O3S/c1-10(21)19-5-4-12-6-11(2-3-15(12)19)14-8-20-13(7-16(22)23)9-24-17(20)18-14/h2-3,6,8-9H,4-5,7H2,1H3,(H,22,23). The SMILES string of the molecule is CC(=O)N1CCc2cc(-c3cn4c(CC(=O)O)csc4n3)ccc21. The molecular formula is C17H15N3O3S. The van der Waals surface area contributed by atoms with E-state index < -0.39 is 5.97 Å². The summed E-state index contributed by atoms with van der Waals surface area (Å²) in [5.74, 6) is -0.797. The number of carbonyl (C=O) groups is 2. The van der Waals surface area contributed by atoms with E-state index in [0.29, 0.717) is 0 Å². The van der Waals surface area contributed by atoms with Crippen molar-refractivity contribution in [3.63, 3.8) is 0 Å². The summed E-state index contributed by atoms with van der Waals surface area (Å²) in [6, 6.07) is 6.00. The molecule has 0 saturated carbocycles. The van der Waals surface area contributed by atoms with Gasteiger partial charge in [0.2, 0.25) is 5.91 Å². The molecule has 1 aliphatic rings. The Balaban J connectivity index is 1.72. The molecule has 7 heteroatoms. The smallest absolute Gasteiger partial charge is 0.309 e. The maximum atomic E-state index is 11.6. The van der Waals surface area contributed by atoms with Crippen LogP contribution in [-0.2, 0) is 22.4 Å². The van der Waals surface area contributed by atoms with Crippen LogP contribution in [-0.4, -0.2) is 32.9 Å². The molecule has 0 aliphatic carbocycles. The molecule has 0 bridgehead atoms. The van der Waals surface area contributed by atoms with Gasteiger partial charge in [-0.05, 0) is 24.1 Å². The number of aromatic nitrogens is 2. The van der Waals surface area contributed by atoms with Gasteiger partial charge in [0.15, 0.2) is 4.96 Å².